The molecule has 2 amide bonds. The van der Waals surface area contributed by atoms with Crippen LogP contribution in [-0.4, -0.2) is 51.3 Å². The van der Waals surface area contributed by atoms with E-state index in [4.69, 9.17) is 19.6 Å². The summed E-state index contributed by atoms with van der Waals surface area (Å²) in [4.78, 5) is 59.6. The minimum atomic E-state index is -1.06. The van der Waals surface area contributed by atoms with E-state index in [1.807, 2.05) is 0 Å². The molecule has 0 radical (unpaired) electrons. The van der Waals surface area contributed by atoms with E-state index in [9.17, 15) is 19.2 Å². The van der Waals surface area contributed by atoms with Crippen LogP contribution >= 0.6 is 0 Å². The molecule has 4 rings (SSSR count). The van der Waals surface area contributed by atoms with E-state index in [0.717, 1.165) is 17.7 Å². The normalized spacial score (nSPS) is 21.2. The lowest BCUT2D eigenvalue weighted by atomic mass is 9.81. The molecule has 2 N–H and O–H groups in total. The molecule has 1 aliphatic carbocycles. The second kappa shape index (κ2) is 8.80. The van der Waals surface area contributed by atoms with Crippen molar-refractivity contribution < 1.29 is 33.1 Å². The van der Waals surface area contributed by atoms with Gasteiger partial charge in [0.1, 0.15) is 23.2 Å². The lowest BCUT2D eigenvalue weighted by Crippen LogP contribution is -2.44. The number of aromatic nitrogens is 2. The molecular formula is C22H26N4O7. The Morgan fingerprint density at radius 3 is 2.39 bits per heavy atom. The average molecular weight is 458 g/mol. The number of hydrogen-bond acceptors (Lipinski definition) is 10. The fourth-order valence-corrected chi connectivity index (χ4v) is 4.63. The zero-order valence-electron chi connectivity index (χ0n) is 18.8. The molecule has 1 saturated carbocycles. The maximum absolute atomic E-state index is 12.7. The maximum atomic E-state index is 12.7. The molecule has 11 nitrogen and oxygen atoms in total. The Labute approximate surface area is 189 Å². The van der Waals surface area contributed by atoms with Crippen LogP contribution in [0.5, 0.6) is 0 Å². The van der Waals surface area contributed by atoms with Gasteiger partial charge in [-0.15, -0.1) is 0 Å². The van der Waals surface area contributed by atoms with Crippen molar-refractivity contribution >= 4 is 40.7 Å². The summed E-state index contributed by atoms with van der Waals surface area (Å²) in [5.41, 5.74) is 6.23. The summed E-state index contributed by atoms with van der Waals surface area (Å²) in [5.74, 6) is -2.35. The molecule has 33 heavy (non-hydrogen) atoms. The van der Waals surface area contributed by atoms with Crippen LogP contribution in [0.15, 0.2) is 4.42 Å². The fourth-order valence-electron chi connectivity index (χ4n) is 4.63. The predicted octanol–water partition coefficient (Wildman–Crippen LogP) is 1.90. The molecule has 2 aromatic heterocycles. The first-order valence-electron chi connectivity index (χ1n) is 11.0. The average Bonchev–Trinajstić information content (AvgIpc) is 3.25. The highest BCUT2D eigenvalue weighted by atomic mass is 16.5. The van der Waals surface area contributed by atoms with E-state index in [1.54, 1.807) is 13.8 Å². The number of nitrogens with two attached hydrogens (primary N) is 1. The van der Waals surface area contributed by atoms with E-state index < -0.39 is 18.0 Å². The van der Waals surface area contributed by atoms with Crippen molar-refractivity contribution in [2.75, 3.05) is 12.3 Å². The Hall–Kier alpha value is -3.50. The van der Waals surface area contributed by atoms with Crippen molar-refractivity contribution in [3.8, 4) is 0 Å². The molecule has 1 aliphatic heterocycles. The standard InChI is InChI=1S/C22H26N4O7/c1-4-31-22(30)15-11(3)33-18-16(15)17(23)24-14(25-18)9-32-21(29)10(2)26-19(27)12-7-5-6-8-13(12)20(26)28/h10,12-13H,4-9H2,1-3H3,(H2,23,24,25)/t10-,12?,13?/m0/s1. The van der Waals surface area contributed by atoms with Crippen LogP contribution in [0.4, 0.5) is 5.82 Å². The first-order valence-corrected chi connectivity index (χ1v) is 11.0. The molecule has 0 spiro atoms. The van der Waals surface area contributed by atoms with E-state index in [2.05, 4.69) is 9.97 Å². The molecule has 3 atom stereocenters. The topological polar surface area (TPSA) is 155 Å². The van der Waals surface area contributed by atoms with E-state index >= 15 is 0 Å². The molecule has 1 saturated heterocycles. The van der Waals surface area contributed by atoms with Crippen molar-refractivity contribution in [1.82, 2.24) is 14.9 Å². The van der Waals surface area contributed by atoms with Crippen molar-refractivity contribution in [1.29, 1.82) is 0 Å². The Bertz CT molecular complexity index is 1120. The molecule has 2 fully saturated rings. The van der Waals surface area contributed by atoms with Gasteiger partial charge in [0.05, 0.1) is 23.8 Å². The Morgan fingerprint density at radius 2 is 1.79 bits per heavy atom. The molecule has 176 valence electrons. The maximum Gasteiger partial charge on any atom is 0.342 e. The number of nitrogens with zero attached hydrogens (tertiary/aromatic N) is 3. The van der Waals surface area contributed by atoms with Crippen LogP contribution in [-0.2, 0) is 30.5 Å². The van der Waals surface area contributed by atoms with Crippen LogP contribution < -0.4 is 5.73 Å². The van der Waals surface area contributed by atoms with Gasteiger partial charge in [0.25, 0.3) is 0 Å². The largest absolute Gasteiger partial charge is 0.462 e. The van der Waals surface area contributed by atoms with Gasteiger partial charge < -0.3 is 19.6 Å². The van der Waals surface area contributed by atoms with E-state index in [0.29, 0.717) is 12.8 Å². The number of fused-ring (bicyclic) bond motifs is 2. The highest BCUT2D eigenvalue weighted by molar-refractivity contribution is 6.08. The summed E-state index contributed by atoms with van der Waals surface area (Å²) in [6.45, 7) is 4.56. The smallest absolute Gasteiger partial charge is 0.342 e. The van der Waals surface area contributed by atoms with E-state index in [-0.39, 0.29) is 70.9 Å². The number of amides is 2. The van der Waals surface area contributed by atoms with Crippen LogP contribution in [0.25, 0.3) is 11.1 Å². The van der Waals surface area contributed by atoms with Crippen LogP contribution in [0.1, 0.15) is 61.5 Å². The summed E-state index contributed by atoms with van der Waals surface area (Å²) >= 11 is 0. The third-order valence-corrected chi connectivity index (χ3v) is 6.23. The van der Waals surface area contributed by atoms with Crippen LogP contribution in [0, 0.1) is 18.8 Å². The third-order valence-electron chi connectivity index (χ3n) is 6.23. The van der Waals surface area contributed by atoms with Gasteiger partial charge in [-0.2, -0.15) is 4.98 Å². The van der Waals surface area contributed by atoms with Gasteiger partial charge >= 0.3 is 11.9 Å². The number of anilines is 1. The van der Waals surface area contributed by atoms with Gasteiger partial charge in [0, 0.05) is 0 Å². The summed E-state index contributed by atoms with van der Waals surface area (Å²) in [6.07, 6.45) is 3.13. The number of carbonyl (C=O) groups excluding carboxylic acids is 4. The van der Waals surface area contributed by atoms with Gasteiger partial charge in [-0.3, -0.25) is 14.5 Å². The Kier molecular flexibility index (Phi) is 6.05. The predicted molar refractivity (Wildman–Crippen MR) is 113 cm³/mol. The minimum Gasteiger partial charge on any atom is -0.462 e. The number of likely N-dealkylation sites (tertiary alicyclic amines) is 1. The lowest BCUT2D eigenvalue weighted by Gasteiger charge is -2.21. The van der Waals surface area contributed by atoms with Gasteiger partial charge in [-0.05, 0) is 33.6 Å². The molecule has 2 aliphatic rings. The number of ether oxygens (including phenoxy) is 2. The molecule has 11 heteroatoms. The number of carbonyl (C=O) groups is 4. The molecule has 2 unspecified atom stereocenters. The van der Waals surface area contributed by atoms with E-state index in [1.165, 1.54) is 6.92 Å². The fraction of sp³-hybridized carbons (Fsp3) is 0.545. The highest BCUT2D eigenvalue weighted by Crippen LogP contribution is 2.39. The number of furan rings is 1. The number of imide groups is 1. The third kappa shape index (κ3) is 3.91. The molecule has 0 aromatic carbocycles. The van der Waals surface area contributed by atoms with Crippen molar-refractivity contribution in [2.24, 2.45) is 11.8 Å². The Balaban J connectivity index is 1.48. The molecule has 3 heterocycles. The van der Waals surface area contributed by atoms with Gasteiger partial charge in [-0.1, -0.05) is 12.8 Å². The first-order chi connectivity index (χ1) is 15.7. The minimum absolute atomic E-state index is 0.0204. The number of nitrogen functional groups attached to an aromatic ring is 1. The van der Waals surface area contributed by atoms with Crippen molar-refractivity contribution in [2.45, 2.75) is 59.1 Å². The van der Waals surface area contributed by atoms with Gasteiger partial charge in [-0.25, -0.2) is 14.6 Å². The number of aryl methyl sites for hydroxylation is 1. The first kappa shape index (κ1) is 22.7. The summed E-state index contributed by atoms with van der Waals surface area (Å²) in [5, 5.41) is 0.227. The van der Waals surface area contributed by atoms with Crippen LogP contribution in [0.3, 0.4) is 0 Å². The molecular weight excluding hydrogens is 432 g/mol. The molecule has 0 bridgehead atoms. The summed E-state index contributed by atoms with van der Waals surface area (Å²) in [7, 11) is 0. The SMILES string of the molecule is CCOC(=O)c1c(C)oc2nc(COC(=O)[C@H](C)N3C(=O)C4CCCCC4C3=O)nc(N)c12. The van der Waals surface area contributed by atoms with Crippen molar-refractivity contribution in [3.63, 3.8) is 0 Å². The second-order valence-corrected chi connectivity index (χ2v) is 8.29. The monoisotopic (exact) mass is 458 g/mol. The number of hydrogen-bond donors (Lipinski definition) is 1. The molecule has 2 aromatic rings. The zero-order valence-corrected chi connectivity index (χ0v) is 18.8. The quantitative estimate of drug-likeness (QED) is 0.501. The summed E-state index contributed by atoms with van der Waals surface area (Å²) < 4.78 is 15.8. The number of esters is 2. The highest BCUT2D eigenvalue weighted by Gasteiger charge is 2.51. The zero-order chi connectivity index (χ0) is 23.9. The van der Waals surface area contributed by atoms with Gasteiger partial charge in [0.15, 0.2) is 12.4 Å². The Morgan fingerprint density at radius 1 is 1.15 bits per heavy atom. The second-order valence-electron chi connectivity index (χ2n) is 8.29. The summed E-state index contributed by atoms with van der Waals surface area (Å²) in [6, 6.07) is -1.06. The number of rotatable bonds is 6. The lowest BCUT2D eigenvalue weighted by molar-refractivity contribution is -0.159. The van der Waals surface area contributed by atoms with Crippen molar-refractivity contribution in [3.05, 3.63) is 17.1 Å². The van der Waals surface area contributed by atoms with Gasteiger partial charge in [0.2, 0.25) is 17.5 Å². The van der Waals surface area contributed by atoms with Crippen LogP contribution in [0.2, 0.25) is 0 Å².